The van der Waals surface area contributed by atoms with Crippen LogP contribution in [0.5, 0.6) is 0 Å². The van der Waals surface area contributed by atoms with E-state index >= 15 is 0 Å². The van der Waals surface area contributed by atoms with E-state index in [9.17, 15) is 4.79 Å². The van der Waals surface area contributed by atoms with Crippen molar-refractivity contribution in [2.45, 2.75) is 32.7 Å². The molecule has 1 fully saturated rings. The number of hydrogen-bond donors (Lipinski definition) is 0. The third-order valence-corrected chi connectivity index (χ3v) is 5.70. The zero-order valence-corrected chi connectivity index (χ0v) is 15.3. The van der Waals surface area contributed by atoms with E-state index in [4.69, 9.17) is 4.52 Å². The molecule has 1 atom stereocenters. The van der Waals surface area contributed by atoms with Gasteiger partial charge in [0.1, 0.15) is 17.1 Å². The molecule has 3 aromatic rings. The maximum Gasteiger partial charge on any atom is 0.272 e. The Bertz CT molecular complexity index is 890. The number of hydrogen-bond acceptors (Lipinski definition) is 5. The molecule has 4 rings (SSSR count). The van der Waals surface area contributed by atoms with Crippen LogP contribution in [-0.4, -0.2) is 32.3 Å². The van der Waals surface area contributed by atoms with Gasteiger partial charge in [-0.1, -0.05) is 11.2 Å². The first-order chi connectivity index (χ1) is 12.1. The third-order valence-electron chi connectivity index (χ3n) is 4.81. The highest BCUT2D eigenvalue weighted by Crippen LogP contribution is 2.36. The minimum atomic E-state index is 0.0142. The van der Waals surface area contributed by atoms with Crippen LogP contribution in [0.4, 0.5) is 0 Å². The largest absolute Gasteiger partial charge is 0.361 e. The molecule has 3 aromatic heterocycles. The topological polar surface area (TPSA) is 64.2 Å². The lowest BCUT2D eigenvalue weighted by Gasteiger charge is -2.24. The van der Waals surface area contributed by atoms with Gasteiger partial charge >= 0.3 is 0 Å². The van der Waals surface area contributed by atoms with Crippen LogP contribution in [0.2, 0.25) is 0 Å². The smallest absolute Gasteiger partial charge is 0.272 e. The van der Waals surface area contributed by atoms with Gasteiger partial charge in [0.05, 0.1) is 16.6 Å². The first kappa shape index (κ1) is 16.1. The number of thiophene rings is 1. The van der Waals surface area contributed by atoms with Gasteiger partial charge in [-0.25, -0.2) is 0 Å². The highest BCUT2D eigenvalue weighted by atomic mass is 32.1. The fourth-order valence-electron chi connectivity index (χ4n) is 3.63. The van der Waals surface area contributed by atoms with Crippen molar-refractivity contribution in [2.75, 3.05) is 6.54 Å². The minimum absolute atomic E-state index is 0.0142. The Kier molecular flexibility index (Phi) is 3.95. The average molecular weight is 356 g/mol. The van der Waals surface area contributed by atoms with Crippen molar-refractivity contribution in [1.29, 1.82) is 0 Å². The number of carbonyl (C=O) groups excluding carboxylic acids is 1. The Hall–Kier alpha value is -2.41. The number of nitrogens with zero attached hydrogens (tertiary/aromatic N) is 4. The summed E-state index contributed by atoms with van der Waals surface area (Å²) in [5.74, 6) is 0.812. The van der Waals surface area contributed by atoms with Crippen LogP contribution in [-0.2, 0) is 7.05 Å². The zero-order valence-electron chi connectivity index (χ0n) is 14.5. The van der Waals surface area contributed by atoms with Crippen molar-refractivity contribution in [2.24, 2.45) is 7.05 Å². The third kappa shape index (κ3) is 2.68. The van der Waals surface area contributed by atoms with E-state index in [0.717, 1.165) is 47.0 Å². The van der Waals surface area contributed by atoms with Crippen LogP contribution >= 0.6 is 11.3 Å². The van der Waals surface area contributed by atoms with E-state index in [-0.39, 0.29) is 11.9 Å². The molecule has 0 aliphatic carbocycles. The van der Waals surface area contributed by atoms with Crippen molar-refractivity contribution in [3.05, 3.63) is 46.3 Å². The lowest BCUT2D eigenvalue weighted by atomic mass is 10.0. The summed E-state index contributed by atoms with van der Waals surface area (Å²) in [6, 6.07) is 5.92. The molecule has 4 heterocycles. The lowest BCUT2D eigenvalue weighted by Crippen LogP contribution is -2.32. The second-order valence-corrected chi connectivity index (χ2v) is 7.36. The molecule has 0 aromatic carbocycles. The van der Waals surface area contributed by atoms with E-state index in [1.54, 1.807) is 16.0 Å². The maximum absolute atomic E-state index is 13.2. The second kappa shape index (κ2) is 6.15. The average Bonchev–Trinajstić information content (AvgIpc) is 3.34. The lowest BCUT2D eigenvalue weighted by molar-refractivity contribution is 0.0723. The van der Waals surface area contributed by atoms with Gasteiger partial charge in [-0.3, -0.25) is 9.48 Å². The van der Waals surface area contributed by atoms with Crippen LogP contribution in [0.25, 0.3) is 10.6 Å². The van der Waals surface area contributed by atoms with Gasteiger partial charge in [0.2, 0.25) is 0 Å². The molecule has 7 heteroatoms. The van der Waals surface area contributed by atoms with Crippen LogP contribution in [0.1, 0.15) is 46.4 Å². The van der Waals surface area contributed by atoms with Crippen molar-refractivity contribution in [3.8, 4) is 10.6 Å². The van der Waals surface area contributed by atoms with E-state index in [1.165, 1.54) is 0 Å². The van der Waals surface area contributed by atoms with Gasteiger partial charge in [-0.05, 0) is 44.2 Å². The van der Waals surface area contributed by atoms with Gasteiger partial charge in [0.15, 0.2) is 0 Å². The molecule has 1 aliphatic heterocycles. The fraction of sp³-hybridized carbons (Fsp3) is 0.389. The standard InChI is InChI=1S/C18H20N4O2S/c1-11-17(12(2)24-20-11)14-6-4-8-22(14)18(23)15-10-13(19-21(15)3)16-7-5-9-25-16/h5,7,9-10,14H,4,6,8H2,1-3H3/t14-/m0/s1. The summed E-state index contributed by atoms with van der Waals surface area (Å²) in [6.45, 7) is 4.59. The molecule has 25 heavy (non-hydrogen) atoms. The first-order valence-corrected chi connectivity index (χ1v) is 9.26. The summed E-state index contributed by atoms with van der Waals surface area (Å²) in [5, 5.41) is 10.6. The van der Waals surface area contributed by atoms with E-state index in [1.807, 2.05) is 49.4 Å². The number of aromatic nitrogens is 3. The highest BCUT2D eigenvalue weighted by Gasteiger charge is 2.35. The van der Waals surface area contributed by atoms with Gasteiger partial charge < -0.3 is 9.42 Å². The molecule has 0 spiro atoms. The molecule has 0 saturated carbocycles. The van der Waals surface area contributed by atoms with Crippen molar-refractivity contribution < 1.29 is 9.32 Å². The number of carbonyl (C=O) groups is 1. The Morgan fingerprint density at radius 1 is 1.40 bits per heavy atom. The van der Waals surface area contributed by atoms with Crippen LogP contribution in [0.15, 0.2) is 28.1 Å². The van der Waals surface area contributed by atoms with Crippen molar-refractivity contribution in [3.63, 3.8) is 0 Å². The summed E-state index contributed by atoms with van der Waals surface area (Å²) in [4.78, 5) is 16.2. The molecule has 0 N–H and O–H groups in total. The first-order valence-electron chi connectivity index (χ1n) is 8.38. The zero-order chi connectivity index (χ0) is 17.6. The molecule has 0 bridgehead atoms. The van der Waals surface area contributed by atoms with E-state index < -0.39 is 0 Å². The summed E-state index contributed by atoms with van der Waals surface area (Å²) in [5.41, 5.74) is 3.37. The van der Waals surface area contributed by atoms with Gasteiger partial charge in [0, 0.05) is 19.2 Å². The summed E-state index contributed by atoms with van der Waals surface area (Å²) in [6.07, 6.45) is 1.92. The van der Waals surface area contributed by atoms with E-state index in [0.29, 0.717) is 5.69 Å². The number of aryl methyl sites for hydroxylation is 3. The predicted octanol–water partition coefficient (Wildman–Crippen LogP) is 3.73. The van der Waals surface area contributed by atoms with Gasteiger partial charge in [-0.15, -0.1) is 11.3 Å². The number of likely N-dealkylation sites (tertiary alicyclic amines) is 1. The Labute approximate surface area is 150 Å². The highest BCUT2D eigenvalue weighted by molar-refractivity contribution is 7.13. The summed E-state index contributed by atoms with van der Waals surface area (Å²) < 4.78 is 6.99. The normalized spacial score (nSPS) is 17.4. The van der Waals surface area contributed by atoms with Gasteiger partial charge in [-0.2, -0.15) is 5.10 Å². The molecule has 0 radical (unpaired) electrons. The second-order valence-electron chi connectivity index (χ2n) is 6.41. The molecular formula is C18H20N4O2S. The monoisotopic (exact) mass is 356 g/mol. The van der Waals surface area contributed by atoms with E-state index in [2.05, 4.69) is 10.3 Å². The molecule has 6 nitrogen and oxygen atoms in total. The van der Waals surface area contributed by atoms with Crippen LogP contribution < -0.4 is 0 Å². The van der Waals surface area contributed by atoms with Crippen LogP contribution in [0.3, 0.4) is 0 Å². The molecular weight excluding hydrogens is 336 g/mol. The maximum atomic E-state index is 13.2. The molecule has 1 aliphatic rings. The van der Waals surface area contributed by atoms with Crippen molar-refractivity contribution in [1.82, 2.24) is 19.8 Å². The molecule has 1 saturated heterocycles. The number of rotatable bonds is 3. The summed E-state index contributed by atoms with van der Waals surface area (Å²) in [7, 11) is 1.82. The van der Waals surface area contributed by atoms with Crippen LogP contribution in [0, 0.1) is 13.8 Å². The predicted molar refractivity (Wildman–Crippen MR) is 95.5 cm³/mol. The Balaban J connectivity index is 1.67. The molecule has 130 valence electrons. The Morgan fingerprint density at radius 2 is 2.24 bits per heavy atom. The van der Waals surface area contributed by atoms with Gasteiger partial charge in [0.25, 0.3) is 5.91 Å². The summed E-state index contributed by atoms with van der Waals surface area (Å²) >= 11 is 1.62. The minimum Gasteiger partial charge on any atom is -0.361 e. The molecule has 1 amide bonds. The molecule has 0 unspecified atom stereocenters. The van der Waals surface area contributed by atoms with Crippen molar-refractivity contribution >= 4 is 17.2 Å². The fourth-order valence-corrected chi connectivity index (χ4v) is 4.32. The number of amides is 1. The quantitative estimate of drug-likeness (QED) is 0.717. The Morgan fingerprint density at radius 3 is 2.92 bits per heavy atom. The SMILES string of the molecule is Cc1noc(C)c1[C@@H]1CCCN1C(=O)c1cc(-c2cccs2)nn1C.